The highest BCUT2D eigenvalue weighted by atomic mass is 16.5. The number of phenols is 1. The first-order chi connectivity index (χ1) is 9.11. The lowest BCUT2D eigenvalue weighted by molar-refractivity contribution is 0.102. The number of ether oxygens (including phenoxy) is 1. The number of hydrogen-bond acceptors (Lipinski definition) is 3. The Kier molecular flexibility index (Phi) is 3.71. The van der Waals surface area contributed by atoms with Crippen molar-refractivity contribution in [3.8, 4) is 11.5 Å². The zero-order valence-electron chi connectivity index (χ0n) is 10.8. The Morgan fingerprint density at radius 3 is 2.58 bits per heavy atom. The van der Waals surface area contributed by atoms with Crippen molar-refractivity contribution in [2.24, 2.45) is 0 Å². The lowest BCUT2D eigenvalue weighted by atomic mass is 10.1. The molecule has 4 heteroatoms. The highest BCUT2D eigenvalue weighted by Gasteiger charge is 2.10. The van der Waals surface area contributed by atoms with Crippen LogP contribution < -0.4 is 10.1 Å². The fraction of sp³-hybridized carbons (Fsp3) is 0.133. The lowest BCUT2D eigenvalue weighted by Crippen LogP contribution is -2.12. The van der Waals surface area contributed by atoms with Crippen LogP contribution in [0.25, 0.3) is 0 Å². The van der Waals surface area contributed by atoms with Crippen molar-refractivity contribution < 1.29 is 14.6 Å². The Bertz CT molecular complexity index is 608. The van der Waals surface area contributed by atoms with Crippen molar-refractivity contribution in [2.45, 2.75) is 6.92 Å². The van der Waals surface area contributed by atoms with E-state index in [4.69, 9.17) is 4.74 Å². The molecule has 0 saturated heterocycles. The smallest absolute Gasteiger partial charge is 0.259 e. The summed E-state index contributed by atoms with van der Waals surface area (Å²) >= 11 is 0. The zero-order chi connectivity index (χ0) is 13.8. The van der Waals surface area contributed by atoms with Gasteiger partial charge in [-0.25, -0.2) is 0 Å². The number of aromatic hydroxyl groups is 1. The van der Waals surface area contributed by atoms with E-state index in [9.17, 15) is 9.90 Å². The summed E-state index contributed by atoms with van der Waals surface area (Å²) in [4.78, 5) is 12.0. The number of methoxy groups -OCH3 is 1. The second-order valence-electron chi connectivity index (χ2n) is 4.16. The summed E-state index contributed by atoms with van der Waals surface area (Å²) in [7, 11) is 1.60. The number of para-hydroxylation sites is 1. The summed E-state index contributed by atoms with van der Waals surface area (Å²) < 4.78 is 5.16. The van der Waals surface area contributed by atoms with Crippen molar-refractivity contribution in [1.82, 2.24) is 0 Å². The predicted molar refractivity (Wildman–Crippen MR) is 73.8 cm³/mol. The molecule has 2 aromatic carbocycles. The molecular weight excluding hydrogens is 242 g/mol. The van der Waals surface area contributed by atoms with Crippen molar-refractivity contribution in [2.75, 3.05) is 12.4 Å². The number of phenolic OH excluding ortho intramolecular Hbond substituents is 1. The fourth-order valence-corrected chi connectivity index (χ4v) is 1.82. The largest absolute Gasteiger partial charge is 0.507 e. The molecule has 0 aliphatic heterocycles. The summed E-state index contributed by atoms with van der Waals surface area (Å²) in [5.74, 6) is 0.383. The van der Waals surface area contributed by atoms with E-state index in [1.807, 2.05) is 13.0 Å². The molecule has 0 bridgehead atoms. The van der Waals surface area contributed by atoms with Gasteiger partial charge in [-0.05, 0) is 42.8 Å². The van der Waals surface area contributed by atoms with Gasteiger partial charge in [-0.1, -0.05) is 12.1 Å². The van der Waals surface area contributed by atoms with Crippen LogP contribution in [0.2, 0.25) is 0 Å². The number of aryl methyl sites for hydroxylation is 1. The van der Waals surface area contributed by atoms with Crippen LogP contribution in [-0.4, -0.2) is 18.1 Å². The molecule has 0 radical (unpaired) electrons. The van der Waals surface area contributed by atoms with Crippen LogP contribution in [0.4, 0.5) is 5.69 Å². The van der Waals surface area contributed by atoms with Crippen LogP contribution in [0, 0.1) is 6.92 Å². The highest BCUT2D eigenvalue weighted by Crippen LogP contribution is 2.23. The van der Waals surface area contributed by atoms with Gasteiger partial charge in [-0.2, -0.15) is 0 Å². The van der Waals surface area contributed by atoms with E-state index >= 15 is 0 Å². The SMILES string of the molecule is COc1ccc(NC(=O)c2ccccc2O)cc1C. The van der Waals surface area contributed by atoms with Crippen LogP contribution in [0.5, 0.6) is 11.5 Å². The quantitative estimate of drug-likeness (QED) is 0.888. The van der Waals surface area contributed by atoms with Gasteiger partial charge in [0.05, 0.1) is 12.7 Å². The molecule has 0 aliphatic carbocycles. The Hall–Kier alpha value is -2.49. The Balaban J connectivity index is 2.20. The first-order valence-corrected chi connectivity index (χ1v) is 5.86. The van der Waals surface area contributed by atoms with Crippen molar-refractivity contribution in [3.63, 3.8) is 0 Å². The molecule has 0 aliphatic rings. The van der Waals surface area contributed by atoms with Crippen LogP contribution in [0.1, 0.15) is 15.9 Å². The molecule has 2 rings (SSSR count). The Labute approximate surface area is 111 Å². The predicted octanol–water partition coefficient (Wildman–Crippen LogP) is 2.96. The fourth-order valence-electron chi connectivity index (χ4n) is 1.82. The minimum absolute atomic E-state index is 0.0368. The second-order valence-corrected chi connectivity index (χ2v) is 4.16. The third-order valence-electron chi connectivity index (χ3n) is 2.80. The molecule has 2 N–H and O–H groups in total. The molecular formula is C15H15NO3. The molecule has 1 amide bonds. The summed E-state index contributed by atoms with van der Waals surface area (Å²) in [6.45, 7) is 1.90. The summed E-state index contributed by atoms with van der Waals surface area (Å²) in [5.41, 5.74) is 1.83. The monoisotopic (exact) mass is 257 g/mol. The maximum absolute atomic E-state index is 12.0. The number of amides is 1. The second kappa shape index (κ2) is 5.44. The van der Waals surface area contributed by atoms with Gasteiger partial charge in [-0.3, -0.25) is 4.79 Å². The molecule has 0 unspecified atom stereocenters. The van der Waals surface area contributed by atoms with Crippen LogP contribution in [0.15, 0.2) is 42.5 Å². The van der Waals surface area contributed by atoms with Gasteiger partial charge in [0.25, 0.3) is 5.91 Å². The average Bonchev–Trinajstić information content (AvgIpc) is 2.39. The van der Waals surface area contributed by atoms with Crippen LogP contribution >= 0.6 is 0 Å². The Morgan fingerprint density at radius 1 is 1.21 bits per heavy atom. The van der Waals surface area contributed by atoms with Gasteiger partial charge in [0.15, 0.2) is 0 Å². The number of hydrogen-bond donors (Lipinski definition) is 2. The summed E-state index contributed by atoms with van der Waals surface area (Å²) in [6.07, 6.45) is 0. The molecule has 2 aromatic rings. The number of nitrogens with one attached hydrogen (secondary N) is 1. The average molecular weight is 257 g/mol. The number of anilines is 1. The van der Waals surface area contributed by atoms with Gasteiger partial charge in [0.1, 0.15) is 11.5 Å². The molecule has 0 spiro atoms. The summed E-state index contributed by atoms with van der Waals surface area (Å²) in [5, 5.41) is 12.4. The van der Waals surface area contributed by atoms with E-state index in [0.717, 1.165) is 11.3 Å². The Morgan fingerprint density at radius 2 is 1.95 bits per heavy atom. The molecule has 0 heterocycles. The lowest BCUT2D eigenvalue weighted by Gasteiger charge is -2.09. The number of carbonyl (C=O) groups is 1. The minimum atomic E-state index is -0.345. The van der Waals surface area contributed by atoms with Gasteiger partial charge < -0.3 is 15.2 Å². The van der Waals surface area contributed by atoms with E-state index in [0.29, 0.717) is 5.69 Å². The first kappa shape index (κ1) is 13.0. The van der Waals surface area contributed by atoms with E-state index in [-0.39, 0.29) is 17.2 Å². The number of benzene rings is 2. The third kappa shape index (κ3) is 2.85. The molecule has 0 atom stereocenters. The molecule has 4 nitrogen and oxygen atoms in total. The van der Waals surface area contributed by atoms with Gasteiger partial charge in [0.2, 0.25) is 0 Å². The molecule has 98 valence electrons. The molecule has 0 aromatic heterocycles. The normalized spacial score (nSPS) is 10.0. The maximum Gasteiger partial charge on any atom is 0.259 e. The third-order valence-corrected chi connectivity index (χ3v) is 2.80. The van der Waals surface area contributed by atoms with Gasteiger partial charge in [0, 0.05) is 5.69 Å². The minimum Gasteiger partial charge on any atom is -0.507 e. The molecule has 0 fully saturated rings. The van der Waals surface area contributed by atoms with E-state index in [1.54, 1.807) is 37.4 Å². The van der Waals surface area contributed by atoms with Crippen LogP contribution in [0.3, 0.4) is 0 Å². The number of carbonyl (C=O) groups excluding carboxylic acids is 1. The van der Waals surface area contributed by atoms with E-state index in [1.165, 1.54) is 6.07 Å². The topological polar surface area (TPSA) is 58.6 Å². The van der Waals surface area contributed by atoms with Crippen molar-refractivity contribution in [3.05, 3.63) is 53.6 Å². The van der Waals surface area contributed by atoms with Crippen LogP contribution in [-0.2, 0) is 0 Å². The molecule has 19 heavy (non-hydrogen) atoms. The highest BCUT2D eigenvalue weighted by molar-refractivity contribution is 6.06. The first-order valence-electron chi connectivity index (χ1n) is 5.86. The van der Waals surface area contributed by atoms with Gasteiger partial charge >= 0.3 is 0 Å². The summed E-state index contributed by atoms with van der Waals surface area (Å²) in [6, 6.07) is 11.8. The molecule has 0 saturated carbocycles. The van der Waals surface area contributed by atoms with Crippen molar-refractivity contribution in [1.29, 1.82) is 0 Å². The standard InChI is InChI=1S/C15H15NO3/c1-10-9-11(7-8-14(10)19-2)16-15(18)12-5-3-4-6-13(12)17/h3-9,17H,1-2H3,(H,16,18). The van der Waals surface area contributed by atoms with E-state index in [2.05, 4.69) is 5.32 Å². The van der Waals surface area contributed by atoms with Crippen molar-refractivity contribution >= 4 is 11.6 Å². The maximum atomic E-state index is 12.0. The van der Waals surface area contributed by atoms with Gasteiger partial charge in [-0.15, -0.1) is 0 Å². The zero-order valence-corrected chi connectivity index (χ0v) is 10.8. The number of rotatable bonds is 3. The van der Waals surface area contributed by atoms with E-state index < -0.39 is 0 Å².